The van der Waals surface area contributed by atoms with Gasteiger partial charge in [-0.25, -0.2) is 0 Å². The molecule has 0 radical (unpaired) electrons. The van der Waals surface area contributed by atoms with E-state index in [2.05, 4.69) is 17.9 Å². The lowest BCUT2D eigenvalue weighted by Gasteiger charge is -2.38. The maximum Gasteiger partial charge on any atom is 0.227 e. The predicted molar refractivity (Wildman–Crippen MR) is 123 cm³/mol. The summed E-state index contributed by atoms with van der Waals surface area (Å²) in [6.45, 7) is 9.36. The van der Waals surface area contributed by atoms with Gasteiger partial charge in [-0.15, -0.1) is 0 Å². The zero-order chi connectivity index (χ0) is 22.3. The lowest BCUT2D eigenvalue weighted by atomic mass is 9.94. The Morgan fingerprint density at radius 1 is 1.06 bits per heavy atom. The summed E-state index contributed by atoms with van der Waals surface area (Å²) in [5, 5.41) is 0. The van der Waals surface area contributed by atoms with E-state index in [1.54, 1.807) is 0 Å². The van der Waals surface area contributed by atoms with Gasteiger partial charge >= 0.3 is 0 Å². The third kappa shape index (κ3) is 6.01. The van der Waals surface area contributed by atoms with Crippen LogP contribution in [0.4, 0.5) is 0 Å². The fourth-order valence-electron chi connectivity index (χ4n) is 4.96. The van der Waals surface area contributed by atoms with Gasteiger partial charge in [-0.1, -0.05) is 18.2 Å². The van der Waals surface area contributed by atoms with Gasteiger partial charge in [-0.3, -0.25) is 14.5 Å². The molecule has 3 aliphatic heterocycles. The second-order valence-electron chi connectivity index (χ2n) is 9.29. The number of para-hydroxylation sites is 1. The maximum atomic E-state index is 13.2. The zero-order valence-corrected chi connectivity index (χ0v) is 19.3. The van der Waals surface area contributed by atoms with E-state index >= 15 is 0 Å². The van der Waals surface area contributed by atoms with Crippen molar-refractivity contribution >= 4 is 11.8 Å². The van der Waals surface area contributed by atoms with Crippen LogP contribution in [0.5, 0.6) is 5.75 Å². The topological polar surface area (TPSA) is 62.3 Å². The first kappa shape index (κ1) is 23.1. The lowest BCUT2D eigenvalue weighted by Crippen LogP contribution is -2.50. The average Bonchev–Trinajstić information content (AvgIpc) is 2.82. The quantitative estimate of drug-likeness (QED) is 0.647. The van der Waals surface area contributed by atoms with Crippen LogP contribution < -0.4 is 4.74 Å². The van der Waals surface area contributed by atoms with Gasteiger partial charge in [-0.05, 0) is 31.4 Å². The van der Waals surface area contributed by atoms with Crippen LogP contribution in [0.1, 0.15) is 37.7 Å². The molecule has 3 fully saturated rings. The van der Waals surface area contributed by atoms with Crippen molar-refractivity contribution in [1.29, 1.82) is 0 Å². The molecule has 0 N–H and O–H groups in total. The summed E-state index contributed by atoms with van der Waals surface area (Å²) in [7, 11) is 0. The van der Waals surface area contributed by atoms with E-state index in [1.807, 2.05) is 28.0 Å². The molecule has 0 aromatic heterocycles. The highest BCUT2D eigenvalue weighted by molar-refractivity contribution is 5.84. The van der Waals surface area contributed by atoms with E-state index in [0.717, 1.165) is 83.1 Å². The first-order chi connectivity index (χ1) is 15.6. The number of amides is 2. The third-order valence-electron chi connectivity index (χ3n) is 7.00. The van der Waals surface area contributed by atoms with Crippen LogP contribution in [-0.2, 0) is 14.3 Å². The van der Waals surface area contributed by atoms with Crippen molar-refractivity contribution in [2.24, 2.45) is 5.92 Å². The number of nitrogens with zero attached hydrogens (tertiary/aromatic N) is 3. The molecule has 0 unspecified atom stereocenters. The molecule has 2 amide bonds. The van der Waals surface area contributed by atoms with E-state index in [4.69, 9.17) is 9.47 Å². The second kappa shape index (κ2) is 11.1. The number of piperidine rings is 2. The number of hydrogen-bond donors (Lipinski definition) is 0. The number of rotatable bonds is 7. The SMILES string of the molecule is Cc1ccccc1OC1CCN(C(=O)[C@@H]2CCC(=O)N(CCCN3CCOCC3)C2)CC1. The van der Waals surface area contributed by atoms with E-state index < -0.39 is 0 Å². The summed E-state index contributed by atoms with van der Waals surface area (Å²) in [6, 6.07) is 8.09. The average molecular weight is 444 g/mol. The van der Waals surface area contributed by atoms with Crippen molar-refractivity contribution in [2.45, 2.75) is 45.1 Å². The normalized spacial score (nSPS) is 23.4. The number of likely N-dealkylation sites (tertiary alicyclic amines) is 2. The number of ether oxygens (including phenoxy) is 2. The Morgan fingerprint density at radius 3 is 2.56 bits per heavy atom. The summed E-state index contributed by atoms with van der Waals surface area (Å²) in [5.41, 5.74) is 1.14. The minimum absolute atomic E-state index is 0.0649. The standard InChI is InChI=1S/C25H37N3O4/c1-20-5-2-3-6-23(20)32-22-9-13-27(14-10-22)25(30)21-7-8-24(29)28(19-21)12-4-11-26-15-17-31-18-16-26/h2-3,5-6,21-22H,4,7-19H2,1H3/t21-/m1/s1. The van der Waals surface area contributed by atoms with Crippen LogP contribution in [0, 0.1) is 12.8 Å². The molecule has 32 heavy (non-hydrogen) atoms. The van der Waals surface area contributed by atoms with E-state index in [9.17, 15) is 9.59 Å². The molecular weight excluding hydrogens is 406 g/mol. The Labute approximate surface area is 191 Å². The van der Waals surface area contributed by atoms with Crippen LogP contribution >= 0.6 is 0 Å². The lowest BCUT2D eigenvalue weighted by molar-refractivity contribution is -0.144. The Balaban J connectivity index is 1.21. The fraction of sp³-hybridized carbons (Fsp3) is 0.680. The Kier molecular flexibility index (Phi) is 8.03. The minimum Gasteiger partial charge on any atom is -0.490 e. The highest BCUT2D eigenvalue weighted by Crippen LogP contribution is 2.25. The summed E-state index contributed by atoms with van der Waals surface area (Å²) < 4.78 is 11.6. The van der Waals surface area contributed by atoms with Crippen molar-refractivity contribution in [3.63, 3.8) is 0 Å². The van der Waals surface area contributed by atoms with Gasteiger partial charge in [0, 0.05) is 65.1 Å². The molecule has 3 heterocycles. The predicted octanol–water partition coefficient (Wildman–Crippen LogP) is 2.33. The first-order valence-corrected chi connectivity index (χ1v) is 12.2. The number of morpholine rings is 1. The maximum absolute atomic E-state index is 13.2. The molecular formula is C25H37N3O4. The second-order valence-corrected chi connectivity index (χ2v) is 9.29. The number of benzene rings is 1. The monoisotopic (exact) mass is 443 g/mol. The van der Waals surface area contributed by atoms with Crippen LogP contribution in [-0.4, -0.2) is 91.6 Å². The molecule has 4 rings (SSSR count). The molecule has 0 aliphatic carbocycles. The molecule has 1 aromatic carbocycles. The van der Waals surface area contributed by atoms with Gasteiger partial charge in [0.15, 0.2) is 0 Å². The number of carbonyl (C=O) groups excluding carboxylic acids is 2. The Morgan fingerprint density at radius 2 is 1.81 bits per heavy atom. The van der Waals surface area contributed by atoms with Gasteiger partial charge in [-0.2, -0.15) is 0 Å². The van der Waals surface area contributed by atoms with Gasteiger partial charge in [0.2, 0.25) is 11.8 Å². The van der Waals surface area contributed by atoms with E-state index in [0.29, 0.717) is 19.4 Å². The van der Waals surface area contributed by atoms with Gasteiger partial charge in [0.25, 0.3) is 0 Å². The van der Waals surface area contributed by atoms with Crippen LogP contribution in [0.25, 0.3) is 0 Å². The molecule has 176 valence electrons. The third-order valence-corrected chi connectivity index (χ3v) is 7.00. The van der Waals surface area contributed by atoms with E-state index in [1.165, 1.54) is 0 Å². The molecule has 0 spiro atoms. The molecule has 0 saturated carbocycles. The molecule has 0 bridgehead atoms. The van der Waals surface area contributed by atoms with Gasteiger partial charge in [0.1, 0.15) is 11.9 Å². The van der Waals surface area contributed by atoms with Crippen molar-refractivity contribution in [3.8, 4) is 5.75 Å². The van der Waals surface area contributed by atoms with Crippen molar-refractivity contribution in [2.75, 3.05) is 59.0 Å². The molecule has 1 aromatic rings. The number of hydrogen-bond acceptors (Lipinski definition) is 5. The van der Waals surface area contributed by atoms with Crippen molar-refractivity contribution < 1.29 is 19.1 Å². The fourth-order valence-corrected chi connectivity index (χ4v) is 4.96. The summed E-state index contributed by atoms with van der Waals surface area (Å²) >= 11 is 0. The van der Waals surface area contributed by atoms with Crippen LogP contribution in [0.3, 0.4) is 0 Å². The van der Waals surface area contributed by atoms with Gasteiger partial charge < -0.3 is 19.3 Å². The molecule has 3 saturated heterocycles. The van der Waals surface area contributed by atoms with Crippen LogP contribution in [0.15, 0.2) is 24.3 Å². The van der Waals surface area contributed by atoms with Gasteiger partial charge in [0.05, 0.1) is 19.1 Å². The Hall–Kier alpha value is -2.12. The summed E-state index contributed by atoms with van der Waals surface area (Å²) in [6.07, 6.45) is 3.99. The molecule has 7 heteroatoms. The number of aryl methyl sites for hydroxylation is 1. The zero-order valence-electron chi connectivity index (χ0n) is 19.3. The largest absolute Gasteiger partial charge is 0.490 e. The molecule has 1 atom stereocenters. The molecule has 7 nitrogen and oxygen atoms in total. The Bertz CT molecular complexity index is 772. The number of carbonyl (C=O) groups is 2. The highest BCUT2D eigenvalue weighted by atomic mass is 16.5. The summed E-state index contributed by atoms with van der Waals surface area (Å²) in [5.74, 6) is 1.28. The first-order valence-electron chi connectivity index (χ1n) is 12.2. The minimum atomic E-state index is -0.0649. The molecule has 3 aliphatic rings. The van der Waals surface area contributed by atoms with E-state index in [-0.39, 0.29) is 23.8 Å². The smallest absolute Gasteiger partial charge is 0.227 e. The van der Waals surface area contributed by atoms with Crippen molar-refractivity contribution in [3.05, 3.63) is 29.8 Å². The van der Waals surface area contributed by atoms with Crippen molar-refractivity contribution in [1.82, 2.24) is 14.7 Å². The van der Waals surface area contributed by atoms with Crippen LogP contribution in [0.2, 0.25) is 0 Å². The highest BCUT2D eigenvalue weighted by Gasteiger charge is 2.34. The summed E-state index contributed by atoms with van der Waals surface area (Å²) in [4.78, 5) is 31.9.